The van der Waals surface area contributed by atoms with E-state index in [2.05, 4.69) is 27.8 Å². The van der Waals surface area contributed by atoms with E-state index in [1.165, 1.54) is 11.8 Å². The maximum absolute atomic E-state index is 12.6. The second kappa shape index (κ2) is 10.7. The molecule has 0 fully saturated rings. The number of amides is 1. The Morgan fingerprint density at radius 1 is 1.03 bits per heavy atom. The van der Waals surface area contributed by atoms with Crippen LogP contribution in [0.2, 0.25) is 0 Å². The van der Waals surface area contributed by atoms with Crippen molar-refractivity contribution in [3.8, 4) is 5.69 Å². The van der Waals surface area contributed by atoms with E-state index in [0.717, 1.165) is 30.5 Å². The third-order valence-corrected chi connectivity index (χ3v) is 5.47. The maximum Gasteiger partial charge on any atom is 0.224 e. The molecule has 0 spiro atoms. The number of carbonyl (C=O) groups is 2. The van der Waals surface area contributed by atoms with Crippen molar-refractivity contribution in [2.45, 2.75) is 44.7 Å². The number of aryl methyl sites for hydroxylation is 1. The normalized spacial score (nSPS) is 10.7. The van der Waals surface area contributed by atoms with Gasteiger partial charge in [0.15, 0.2) is 5.78 Å². The SMILES string of the molecule is CCCCCC(=O)Nc1ccc(C(=O)CSc2nnnn2-c2ccc(C)cc2)cc1. The number of hydrogen-bond donors (Lipinski definition) is 1. The molecule has 8 heteroatoms. The molecule has 1 aromatic heterocycles. The van der Waals surface area contributed by atoms with Gasteiger partial charge in [0.1, 0.15) is 0 Å². The Labute approximate surface area is 180 Å². The zero-order chi connectivity index (χ0) is 21.3. The van der Waals surface area contributed by atoms with Gasteiger partial charge < -0.3 is 5.32 Å². The van der Waals surface area contributed by atoms with Crippen LogP contribution in [0.25, 0.3) is 5.69 Å². The molecule has 156 valence electrons. The van der Waals surface area contributed by atoms with Crippen molar-refractivity contribution in [2.75, 3.05) is 11.1 Å². The first kappa shape index (κ1) is 21.7. The summed E-state index contributed by atoms with van der Waals surface area (Å²) in [7, 11) is 0. The lowest BCUT2D eigenvalue weighted by atomic mass is 10.1. The number of rotatable bonds is 10. The highest BCUT2D eigenvalue weighted by molar-refractivity contribution is 7.99. The molecule has 1 amide bonds. The minimum absolute atomic E-state index is 0.000948. The Hall–Kier alpha value is -3.00. The second-order valence-corrected chi connectivity index (χ2v) is 7.95. The van der Waals surface area contributed by atoms with E-state index >= 15 is 0 Å². The molecular weight excluding hydrogens is 398 g/mol. The molecular formula is C22H25N5O2S. The van der Waals surface area contributed by atoms with Crippen molar-refractivity contribution in [1.82, 2.24) is 20.2 Å². The van der Waals surface area contributed by atoms with Crippen LogP contribution in [0.1, 0.15) is 48.5 Å². The summed E-state index contributed by atoms with van der Waals surface area (Å²) in [5.41, 5.74) is 3.28. The molecule has 0 radical (unpaired) electrons. The van der Waals surface area contributed by atoms with E-state index in [9.17, 15) is 9.59 Å². The van der Waals surface area contributed by atoms with Gasteiger partial charge in [-0.2, -0.15) is 4.68 Å². The van der Waals surface area contributed by atoms with Crippen LogP contribution in [0.4, 0.5) is 5.69 Å². The first-order chi connectivity index (χ1) is 14.6. The average molecular weight is 424 g/mol. The fraction of sp³-hybridized carbons (Fsp3) is 0.318. The minimum Gasteiger partial charge on any atom is -0.326 e. The van der Waals surface area contributed by atoms with Gasteiger partial charge in [0.25, 0.3) is 0 Å². The van der Waals surface area contributed by atoms with Crippen molar-refractivity contribution < 1.29 is 9.59 Å². The van der Waals surface area contributed by atoms with Crippen LogP contribution >= 0.6 is 11.8 Å². The monoisotopic (exact) mass is 423 g/mol. The Kier molecular flexibility index (Phi) is 7.73. The number of tetrazole rings is 1. The van der Waals surface area contributed by atoms with Crippen LogP contribution in [0.15, 0.2) is 53.7 Å². The number of thioether (sulfide) groups is 1. The highest BCUT2D eigenvalue weighted by Gasteiger charge is 2.13. The van der Waals surface area contributed by atoms with Crippen molar-refractivity contribution in [2.24, 2.45) is 0 Å². The minimum atomic E-state index is -0.0284. The summed E-state index contributed by atoms with van der Waals surface area (Å²) < 4.78 is 1.62. The van der Waals surface area contributed by atoms with Crippen LogP contribution < -0.4 is 5.32 Å². The molecule has 1 heterocycles. The van der Waals surface area contributed by atoms with Crippen LogP contribution in [-0.4, -0.2) is 37.7 Å². The first-order valence-corrected chi connectivity index (χ1v) is 11.0. The lowest BCUT2D eigenvalue weighted by Crippen LogP contribution is -2.11. The lowest BCUT2D eigenvalue weighted by Gasteiger charge is -2.07. The van der Waals surface area contributed by atoms with Gasteiger partial charge >= 0.3 is 0 Å². The lowest BCUT2D eigenvalue weighted by molar-refractivity contribution is -0.116. The average Bonchev–Trinajstić information content (AvgIpc) is 3.22. The Morgan fingerprint density at radius 2 is 1.77 bits per heavy atom. The molecule has 0 unspecified atom stereocenters. The van der Waals surface area contributed by atoms with E-state index in [0.29, 0.717) is 22.8 Å². The number of benzene rings is 2. The summed E-state index contributed by atoms with van der Waals surface area (Å²) in [6, 6.07) is 14.8. The number of Topliss-reactive ketones (excluding diaryl/α,β-unsaturated/α-hetero) is 1. The number of hydrogen-bond acceptors (Lipinski definition) is 6. The summed E-state index contributed by atoms with van der Waals surface area (Å²) in [5.74, 6) is 0.190. The van der Waals surface area contributed by atoms with Crippen molar-refractivity contribution in [1.29, 1.82) is 0 Å². The summed E-state index contributed by atoms with van der Waals surface area (Å²) in [6.45, 7) is 4.12. The molecule has 0 saturated carbocycles. The first-order valence-electron chi connectivity index (χ1n) is 9.98. The molecule has 3 rings (SSSR count). The number of nitrogens with one attached hydrogen (secondary N) is 1. The molecule has 0 aliphatic rings. The Balaban J connectivity index is 1.55. The largest absolute Gasteiger partial charge is 0.326 e. The Bertz CT molecular complexity index is 984. The van der Waals surface area contributed by atoms with Gasteiger partial charge in [-0.1, -0.05) is 49.2 Å². The fourth-order valence-electron chi connectivity index (χ4n) is 2.83. The van der Waals surface area contributed by atoms with E-state index < -0.39 is 0 Å². The molecule has 0 aliphatic heterocycles. The van der Waals surface area contributed by atoms with Gasteiger partial charge in [-0.05, 0) is 60.2 Å². The van der Waals surface area contributed by atoms with E-state index in [1.54, 1.807) is 28.9 Å². The number of unbranched alkanes of at least 4 members (excludes halogenated alkanes) is 2. The third kappa shape index (κ3) is 6.00. The predicted molar refractivity (Wildman–Crippen MR) is 118 cm³/mol. The van der Waals surface area contributed by atoms with Crippen LogP contribution in [0, 0.1) is 6.92 Å². The molecule has 0 bridgehead atoms. The van der Waals surface area contributed by atoms with Crippen molar-refractivity contribution in [3.05, 3.63) is 59.7 Å². The topological polar surface area (TPSA) is 89.8 Å². The van der Waals surface area contributed by atoms with Crippen molar-refractivity contribution >= 4 is 29.1 Å². The van der Waals surface area contributed by atoms with Gasteiger partial charge in [0.2, 0.25) is 11.1 Å². The number of anilines is 1. The van der Waals surface area contributed by atoms with Crippen LogP contribution in [0.3, 0.4) is 0 Å². The number of ketones is 1. The molecule has 0 atom stereocenters. The molecule has 0 aliphatic carbocycles. The number of carbonyl (C=O) groups excluding carboxylic acids is 2. The molecule has 0 saturated heterocycles. The van der Waals surface area contributed by atoms with Gasteiger partial charge in [0.05, 0.1) is 11.4 Å². The number of aromatic nitrogens is 4. The Morgan fingerprint density at radius 3 is 2.47 bits per heavy atom. The standard InChI is InChI=1S/C22H25N5O2S/c1-3-4-5-6-21(29)23-18-11-9-17(10-12-18)20(28)15-30-22-24-25-26-27(22)19-13-7-16(2)8-14-19/h7-14H,3-6,15H2,1-2H3,(H,23,29). The quantitative estimate of drug-likeness (QED) is 0.294. The zero-order valence-corrected chi connectivity index (χ0v) is 18.0. The van der Waals surface area contributed by atoms with Crippen LogP contribution in [-0.2, 0) is 4.79 Å². The summed E-state index contributed by atoms with van der Waals surface area (Å²) in [6.07, 6.45) is 3.53. The molecule has 3 aromatic rings. The highest BCUT2D eigenvalue weighted by atomic mass is 32.2. The van der Waals surface area contributed by atoms with E-state index in [4.69, 9.17) is 0 Å². The van der Waals surface area contributed by atoms with Crippen LogP contribution in [0.5, 0.6) is 0 Å². The van der Waals surface area contributed by atoms with Gasteiger partial charge in [-0.3, -0.25) is 9.59 Å². The van der Waals surface area contributed by atoms with Gasteiger partial charge in [-0.15, -0.1) is 5.10 Å². The highest BCUT2D eigenvalue weighted by Crippen LogP contribution is 2.20. The molecule has 7 nitrogen and oxygen atoms in total. The van der Waals surface area contributed by atoms with E-state index in [-0.39, 0.29) is 17.4 Å². The molecule has 1 N–H and O–H groups in total. The molecule has 2 aromatic carbocycles. The van der Waals surface area contributed by atoms with Gasteiger partial charge in [-0.25, -0.2) is 0 Å². The zero-order valence-electron chi connectivity index (χ0n) is 17.2. The van der Waals surface area contributed by atoms with Gasteiger partial charge in [0, 0.05) is 17.7 Å². The second-order valence-electron chi connectivity index (χ2n) is 7.00. The summed E-state index contributed by atoms with van der Waals surface area (Å²) in [5, 5.41) is 15.2. The molecule has 30 heavy (non-hydrogen) atoms. The summed E-state index contributed by atoms with van der Waals surface area (Å²) >= 11 is 1.29. The smallest absolute Gasteiger partial charge is 0.224 e. The maximum atomic E-state index is 12.6. The predicted octanol–water partition coefficient (Wildman–Crippen LogP) is 4.46. The number of nitrogens with zero attached hydrogens (tertiary/aromatic N) is 4. The third-order valence-electron chi connectivity index (χ3n) is 4.55. The van der Waals surface area contributed by atoms with Crippen molar-refractivity contribution in [3.63, 3.8) is 0 Å². The van der Waals surface area contributed by atoms with E-state index in [1.807, 2.05) is 31.2 Å². The summed E-state index contributed by atoms with van der Waals surface area (Å²) in [4.78, 5) is 24.5. The fourth-order valence-corrected chi connectivity index (χ4v) is 3.61.